The molecule has 1 aromatic rings. The van der Waals surface area contributed by atoms with Crippen molar-refractivity contribution in [2.45, 2.75) is 63.7 Å². The highest BCUT2D eigenvalue weighted by Gasteiger charge is 2.23. The second-order valence-electron chi connectivity index (χ2n) is 7.89. The lowest BCUT2D eigenvalue weighted by molar-refractivity contribution is -0.152. The molecular weight excluding hydrogens is 466 g/mol. The summed E-state index contributed by atoms with van der Waals surface area (Å²) < 4.78 is 34.3. The Balaban J connectivity index is 1.88. The maximum absolute atomic E-state index is 12.4. The summed E-state index contributed by atoms with van der Waals surface area (Å²) in [5.74, 6) is -0.973. The predicted octanol–water partition coefficient (Wildman–Crippen LogP) is 3.26. The van der Waals surface area contributed by atoms with E-state index >= 15 is 0 Å². The molecule has 1 aliphatic carbocycles. The van der Waals surface area contributed by atoms with Crippen molar-refractivity contribution < 1.29 is 52.3 Å². The Morgan fingerprint density at radius 3 is 2.20 bits per heavy atom. The molecule has 1 aromatic carbocycles. The summed E-state index contributed by atoms with van der Waals surface area (Å²) in [6.07, 6.45) is 1.05. The summed E-state index contributed by atoms with van der Waals surface area (Å²) in [6.45, 7) is 1.38. The zero-order chi connectivity index (χ0) is 25.8. The summed E-state index contributed by atoms with van der Waals surface area (Å²) in [4.78, 5) is 47.1. The van der Waals surface area contributed by atoms with E-state index < -0.39 is 36.6 Å². The normalized spacial score (nSPS) is 15.2. The molecule has 0 aliphatic heterocycles. The monoisotopic (exact) mass is 497 g/mol. The van der Waals surface area contributed by atoms with Crippen LogP contribution in [0.25, 0.3) is 0 Å². The highest BCUT2D eigenvalue weighted by atomic mass is 16.7. The van der Waals surface area contributed by atoms with Crippen LogP contribution in [-0.4, -0.2) is 63.5 Å². The van der Waals surface area contributed by atoms with Gasteiger partial charge in [0.15, 0.2) is 11.5 Å². The number of esters is 1. The summed E-state index contributed by atoms with van der Waals surface area (Å²) >= 11 is 0. The zero-order valence-corrected chi connectivity index (χ0v) is 20.0. The molecule has 0 aromatic heterocycles. The molecule has 1 aliphatic rings. The molecule has 2 N–H and O–H groups in total. The second kappa shape index (κ2) is 14.0. The van der Waals surface area contributed by atoms with Gasteiger partial charge in [0.05, 0.1) is 14.2 Å². The molecule has 0 spiro atoms. The van der Waals surface area contributed by atoms with E-state index in [4.69, 9.17) is 29.4 Å². The van der Waals surface area contributed by atoms with E-state index in [0.717, 1.165) is 46.3 Å². The molecule has 0 amide bonds. The molecule has 2 rings (SSSR count). The predicted molar refractivity (Wildman–Crippen MR) is 119 cm³/mol. The first kappa shape index (κ1) is 27.7. The van der Waals surface area contributed by atoms with E-state index in [-0.39, 0.29) is 30.6 Å². The summed E-state index contributed by atoms with van der Waals surface area (Å²) in [5, 5.41) is 0. The Kier molecular flexibility index (Phi) is 11.1. The van der Waals surface area contributed by atoms with Gasteiger partial charge in [-0.3, -0.25) is 4.79 Å². The van der Waals surface area contributed by atoms with Crippen LogP contribution in [0.2, 0.25) is 0 Å². The summed E-state index contributed by atoms with van der Waals surface area (Å²) in [6, 6.07) is 3.14. The van der Waals surface area contributed by atoms with Gasteiger partial charge in [0.25, 0.3) is 0 Å². The van der Waals surface area contributed by atoms with Gasteiger partial charge in [0.1, 0.15) is 24.9 Å². The van der Waals surface area contributed by atoms with Gasteiger partial charge in [-0.05, 0) is 56.7 Å². The van der Waals surface area contributed by atoms with Crippen molar-refractivity contribution in [1.82, 2.24) is 0 Å². The standard InChI is InChI=1S/C23H31NO11/c1-14(13-31-23(28)33-16-7-5-4-6-8-16)32-20(25)17(24)11-15-9-10-18(34-21(26)29-2)19(12-15)35-22(27)30-3/h9-10,12,14,16-17H,4-8,11,13,24H2,1-3H3/t14-,17-/m0/s1. The molecule has 1 saturated carbocycles. The lowest BCUT2D eigenvalue weighted by Gasteiger charge is -2.22. The van der Waals surface area contributed by atoms with Crippen LogP contribution in [0.5, 0.6) is 11.5 Å². The number of ether oxygens (including phenoxy) is 7. The van der Waals surface area contributed by atoms with Crippen LogP contribution in [0.4, 0.5) is 14.4 Å². The van der Waals surface area contributed by atoms with Gasteiger partial charge < -0.3 is 38.9 Å². The number of nitrogens with two attached hydrogens (primary N) is 1. The van der Waals surface area contributed by atoms with Crippen LogP contribution in [0.1, 0.15) is 44.6 Å². The third-order valence-electron chi connectivity index (χ3n) is 5.05. The number of carbonyl (C=O) groups is 4. The average molecular weight is 497 g/mol. The highest BCUT2D eigenvalue weighted by molar-refractivity contribution is 5.76. The van der Waals surface area contributed by atoms with Crippen molar-refractivity contribution in [3.05, 3.63) is 23.8 Å². The Morgan fingerprint density at radius 2 is 1.57 bits per heavy atom. The number of methoxy groups -OCH3 is 2. The molecular formula is C23H31NO11. The molecule has 12 nitrogen and oxygen atoms in total. The maximum Gasteiger partial charge on any atom is 0.513 e. The van der Waals surface area contributed by atoms with Crippen LogP contribution in [0.15, 0.2) is 18.2 Å². The fourth-order valence-corrected chi connectivity index (χ4v) is 3.30. The molecule has 0 unspecified atom stereocenters. The van der Waals surface area contributed by atoms with Crippen molar-refractivity contribution in [2.24, 2.45) is 5.73 Å². The number of benzene rings is 1. The topological polar surface area (TPSA) is 159 Å². The molecule has 2 atom stereocenters. The fourth-order valence-electron chi connectivity index (χ4n) is 3.30. The third-order valence-corrected chi connectivity index (χ3v) is 5.05. The molecule has 0 saturated heterocycles. The lowest BCUT2D eigenvalue weighted by atomic mass is 9.98. The minimum absolute atomic E-state index is 0.00612. The largest absolute Gasteiger partial charge is 0.513 e. The maximum atomic E-state index is 12.4. The van der Waals surface area contributed by atoms with E-state index in [9.17, 15) is 19.2 Å². The zero-order valence-electron chi connectivity index (χ0n) is 20.0. The van der Waals surface area contributed by atoms with Gasteiger partial charge in [0.2, 0.25) is 0 Å². The Hall–Kier alpha value is -3.54. The first-order chi connectivity index (χ1) is 16.7. The molecule has 0 heterocycles. The van der Waals surface area contributed by atoms with Crippen LogP contribution < -0.4 is 15.2 Å². The number of hydrogen-bond acceptors (Lipinski definition) is 12. The first-order valence-corrected chi connectivity index (χ1v) is 11.2. The number of rotatable bonds is 9. The van der Waals surface area contributed by atoms with E-state index in [1.165, 1.54) is 18.2 Å². The Labute approximate surface area is 202 Å². The van der Waals surface area contributed by atoms with E-state index in [1.807, 2.05) is 0 Å². The quantitative estimate of drug-likeness (QED) is 0.302. The number of carbonyl (C=O) groups excluding carboxylic acids is 4. The molecule has 12 heteroatoms. The summed E-state index contributed by atoms with van der Waals surface area (Å²) in [7, 11) is 2.23. The lowest BCUT2D eigenvalue weighted by Crippen LogP contribution is -2.37. The van der Waals surface area contributed by atoms with Crippen LogP contribution in [0, 0.1) is 0 Å². The van der Waals surface area contributed by atoms with Gasteiger partial charge in [-0.15, -0.1) is 0 Å². The average Bonchev–Trinajstić information content (AvgIpc) is 2.84. The fraction of sp³-hybridized carbons (Fsp3) is 0.565. The highest BCUT2D eigenvalue weighted by Crippen LogP contribution is 2.30. The van der Waals surface area contributed by atoms with Gasteiger partial charge >= 0.3 is 24.4 Å². The third kappa shape index (κ3) is 9.69. The molecule has 35 heavy (non-hydrogen) atoms. The molecule has 1 fully saturated rings. The van der Waals surface area contributed by atoms with Crippen molar-refractivity contribution >= 4 is 24.4 Å². The van der Waals surface area contributed by atoms with Gasteiger partial charge in [-0.1, -0.05) is 12.5 Å². The molecule has 0 bridgehead atoms. The SMILES string of the molecule is COC(=O)Oc1ccc(C[C@H](N)C(=O)O[C@@H](C)COC(=O)OC2CCCCC2)cc1OC(=O)OC. The molecule has 194 valence electrons. The van der Waals surface area contributed by atoms with Crippen LogP contribution >= 0.6 is 0 Å². The van der Waals surface area contributed by atoms with Crippen molar-refractivity contribution in [2.75, 3.05) is 20.8 Å². The van der Waals surface area contributed by atoms with Gasteiger partial charge in [-0.2, -0.15) is 0 Å². The Bertz CT molecular complexity index is 882. The van der Waals surface area contributed by atoms with E-state index in [1.54, 1.807) is 6.92 Å². The second-order valence-corrected chi connectivity index (χ2v) is 7.89. The minimum Gasteiger partial charge on any atom is -0.458 e. The van der Waals surface area contributed by atoms with Gasteiger partial charge in [-0.25, -0.2) is 14.4 Å². The van der Waals surface area contributed by atoms with Crippen LogP contribution in [0.3, 0.4) is 0 Å². The molecule has 0 radical (unpaired) electrons. The van der Waals surface area contributed by atoms with Crippen molar-refractivity contribution in [1.29, 1.82) is 0 Å². The van der Waals surface area contributed by atoms with Crippen molar-refractivity contribution in [3.63, 3.8) is 0 Å². The van der Waals surface area contributed by atoms with E-state index in [0.29, 0.717) is 5.56 Å². The van der Waals surface area contributed by atoms with Gasteiger partial charge in [0, 0.05) is 0 Å². The minimum atomic E-state index is -1.08. The smallest absolute Gasteiger partial charge is 0.458 e. The number of hydrogen-bond donors (Lipinski definition) is 1. The van der Waals surface area contributed by atoms with Crippen molar-refractivity contribution in [3.8, 4) is 11.5 Å². The first-order valence-electron chi connectivity index (χ1n) is 11.2. The summed E-state index contributed by atoms with van der Waals surface area (Å²) in [5.41, 5.74) is 6.43. The Morgan fingerprint density at radius 1 is 0.943 bits per heavy atom. The van der Waals surface area contributed by atoms with E-state index in [2.05, 4.69) is 9.47 Å². The van der Waals surface area contributed by atoms with Crippen LogP contribution in [-0.2, 0) is 34.9 Å².